The summed E-state index contributed by atoms with van der Waals surface area (Å²) in [6.07, 6.45) is -0.721. The van der Waals surface area contributed by atoms with Crippen molar-refractivity contribution in [3.05, 3.63) is 71.8 Å². The molecule has 260 valence electrons. The van der Waals surface area contributed by atoms with Gasteiger partial charge in [-0.25, -0.2) is 0 Å². The minimum atomic E-state index is -1.47. The van der Waals surface area contributed by atoms with Crippen LogP contribution in [0.4, 0.5) is 0 Å². The smallest absolute Gasteiger partial charge is 0.245 e. The minimum absolute atomic E-state index is 0.0845. The predicted octanol–water partition coefficient (Wildman–Crippen LogP) is 0.109. The number of aliphatic hydroxyl groups is 1. The number of nitrogens with one attached hydrogen (secondary N) is 6. The Morgan fingerprint density at radius 1 is 0.604 bits per heavy atom. The molecule has 0 spiro atoms. The molecule has 48 heavy (non-hydrogen) atoms. The third-order valence-corrected chi connectivity index (χ3v) is 8.38. The van der Waals surface area contributed by atoms with Gasteiger partial charge in [0.05, 0.1) is 12.6 Å². The normalized spacial score (nSPS) is 24.9. The Kier molecular flexibility index (Phi) is 14.1. The first-order valence-corrected chi connectivity index (χ1v) is 16.3. The van der Waals surface area contributed by atoms with Crippen LogP contribution in [-0.2, 0) is 41.6 Å². The number of hydrogen-bond donors (Lipinski definition) is 7. The highest BCUT2D eigenvalue weighted by molar-refractivity contribution is 5.98. The Morgan fingerprint density at radius 3 is 1.56 bits per heavy atom. The standard InChI is InChI=1S/C35H48N6O7/c1-6-21(4)29-34(47)41-30(22(5)42)35(48)39-28(20(2)3)33(46)38-25(17-23-13-9-7-10-14-23)31(44)36-19-27(43)37-26(32(45)40-29)18-24-15-11-8-12-16-24/h7-16,20-22,25-26,28-30,42H,6,17-19H2,1-5H3,(H,36,44)(H,37,43)(H,38,46)(H,39,48)(H,40,45)(H,41,47). The number of rotatable bonds is 8. The maximum Gasteiger partial charge on any atom is 0.245 e. The average Bonchev–Trinajstić information content (AvgIpc) is 3.06. The van der Waals surface area contributed by atoms with Gasteiger partial charge in [0.25, 0.3) is 0 Å². The Balaban J connectivity index is 2.02. The highest BCUT2D eigenvalue weighted by Gasteiger charge is 2.36. The van der Waals surface area contributed by atoms with E-state index in [9.17, 15) is 33.9 Å². The van der Waals surface area contributed by atoms with Gasteiger partial charge in [0, 0.05) is 12.8 Å². The third kappa shape index (κ3) is 10.9. The molecule has 7 N–H and O–H groups in total. The van der Waals surface area contributed by atoms with Gasteiger partial charge < -0.3 is 37.0 Å². The molecule has 1 aliphatic heterocycles. The molecule has 0 aromatic heterocycles. The van der Waals surface area contributed by atoms with Gasteiger partial charge in [-0.05, 0) is 29.9 Å². The van der Waals surface area contributed by atoms with Crippen LogP contribution in [0.2, 0.25) is 0 Å². The SMILES string of the molecule is CCC(C)C1NC(=O)C(Cc2ccccc2)NC(=O)CNC(=O)C(Cc2ccccc2)NC(=O)C(C(C)C)NC(=O)C(C(C)O)NC1=O. The number of benzene rings is 2. The second kappa shape index (κ2) is 17.9. The molecule has 1 saturated heterocycles. The molecule has 1 fully saturated rings. The molecule has 1 heterocycles. The van der Waals surface area contributed by atoms with Crippen LogP contribution < -0.4 is 31.9 Å². The van der Waals surface area contributed by atoms with E-state index >= 15 is 0 Å². The van der Waals surface area contributed by atoms with E-state index in [1.807, 2.05) is 19.1 Å². The number of carbonyl (C=O) groups excluding carboxylic acids is 6. The third-order valence-electron chi connectivity index (χ3n) is 8.38. The van der Waals surface area contributed by atoms with Crippen molar-refractivity contribution in [2.24, 2.45) is 11.8 Å². The molecular weight excluding hydrogens is 616 g/mol. The first-order valence-electron chi connectivity index (χ1n) is 16.3. The number of carbonyl (C=O) groups is 6. The molecular formula is C35H48N6O7. The Bertz CT molecular complexity index is 1420. The number of aliphatic hydroxyl groups excluding tert-OH is 1. The second-order valence-electron chi connectivity index (χ2n) is 12.6. The highest BCUT2D eigenvalue weighted by atomic mass is 16.3. The summed E-state index contributed by atoms with van der Waals surface area (Å²) in [6, 6.07) is 11.9. The van der Waals surface area contributed by atoms with E-state index in [4.69, 9.17) is 0 Å². The van der Waals surface area contributed by atoms with Crippen molar-refractivity contribution in [3.63, 3.8) is 0 Å². The van der Waals surface area contributed by atoms with Gasteiger partial charge in [-0.3, -0.25) is 28.8 Å². The zero-order valence-corrected chi connectivity index (χ0v) is 28.1. The summed E-state index contributed by atoms with van der Waals surface area (Å²) in [7, 11) is 0. The van der Waals surface area contributed by atoms with Crippen LogP contribution in [0.25, 0.3) is 0 Å². The molecule has 13 heteroatoms. The lowest BCUT2D eigenvalue weighted by molar-refractivity contribution is -0.138. The first kappa shape index (κ1) is 37.7. The van der Waals surface area contributed by atoms with E-state index in [1.54, 1.807) is 69.3 Å². The molecule has 0 bridgehead atoms. The van der Waals surface area contributed by atoms with Gasteiger partial charge >= 0.3 is 0 Å². The lowest BCUT2D eigenvalue weighted by Gasteiger charge is -2.31. The average molecular weight is 665 g/mol. The zero-order chi connectivity index (χ0) is 35.4. The molecule has 0 aliphatic carbocycles. The molecule has 2 aromatic rings. The lowest BCUT2D eigenvalue weighted by Crippen LogP contribution is -2.63. The van der Waals surface area contributed by atoms with Crippen molar-refractivity contribution < 1.29 is 33.9 Å². The monoisotopic (exact) mass is 664 g/mol. The van der Waals surface area contributed by atoms with Crippen LogP contribution in [0, 0.1) is 11.8 Å². The van der Waals surface area contributed by atoms with Gasteiger partial charge in [0.15, 0.2) is 0 Å². The van der Waals surface area contributed by atoms with Crippen LogP contribution >= 0.6 is 0 Å². The van der Waals surface area contributed by atoms with Crippen molar-refractivity contribution in [1.82, 2.24) is 31.9 Å². The molecule has 3 rings (SSSR count). The van der Waals surface area contributed by atoms with Crippen LogP contribution in [0.5, 0.6) is 0 Å². The van der Waals surface area contributed by atoms with Gasteiger partial charge in [0.1, 0.15) is 30.2 Å². The summed E-state index contributed by atoms with van der Waals surface area (Å²) < 4.78 is 0. The summed E-state index contributed by atoms with van der Waals surface area (Å²) in [5.41, 5.74) is 1.48. The molecule has 7 atom stereocenters. The van der Waals surface area contributed by atoms with Crippen LogP contribution in [-0.4, -0.2) is 83.4 Å². The summed E-state index contributed by atoms with van der Waals surface area (Å²) in [5.74, 6) is -5.00. The lowest BCUT2D eigenvalue weighted by atomic mass is 9.96. The molecule has 0 radical (unpaired) electrons. The van der Waals surface area contributed by atoms with Crippen molar-refractivity contribution in [2.45, 2.75) is 90.2 Å². The zero-order valence-electron chi connectivity index (χ0n) is 28.1. The van der Waals surface area contributed by atoms with Crippen LogP contribution in [0.15, 0.2) is 60.7 Å². The van der Waals surface area contributed by atoms with E-state index < -0.39 is 90.1 Å². The maximum atomic E-state index is 13.7. The van der Waals surface area contributed by atoms with E-state index in [-0.39, 0.29) is 12.8 Å². The molecule has 1 aliphatic rings. The Morgan fingerprint density at radius 2 is 1.06 bits per heavy atom. The molecule has 2 aromatic carbocycles. The van der Waals surface area contributed by atoms with Gasteiger partial charge in [0.2, 0.25) is 35.4 Å². The topological polar surface area (TPSA) is 195 Å². The largest absolute Gasteiger partial charge is 0.391 e. The summed E-state index contributed by atoms with van der Waals surface area (Å²) in [4.78, 5) is 81.1. The summed E-state index contributed by atoms with van der Waals surface area (Å²) >= 11 is 0. The molecule has 13 nitrogen and oxygen atoms in total. The summed E-state index contributed by atoms with van der Waals surface area (Å²) in [5, 5.41) is 26.4. The van der Waals surface area contributed by atoms with Crippen LogP contribution in [0.3, 0.4) is 0 Å². The van der Waals surface area contributed by atoms with E-state index in [2.05, 4.69) is 31.9 Å². The molecule has 0 saturated carbocycles. The first-order chi connectivity index (χ1) is 22.8. The predicted molar refractivity (Wildman–Crippen MR) is 179 cm³/mol. The second-order valence-corrected chi connectivity index (χ2v) is 12.6. The number of hydrogen-bond acceptors (Lipinski definition) is 7. The molecule has 6 amide bonds. The van der Waals surface area contributed by atoms with Gasteiger partial charge in [-0.2, -0.15) is 0 Å². The van der Waals surface area contributed by atoms with Crippen molar-refractivity contribution in [3.8, 4) is 0 Å². The highest BCUT2D eigenvalue weighted by Crippen LogP contribution is 2.12. The van der Waals surface area contributed by atoms with E-state index in [0.717, 1.165) is 11.1 Å². The number of amides is 6. The Labute approximate surface area is 281 Å². The van der Waals surface area contributed by atoms with E-state index in [0.29, 0.717) is 6.42 Å². The maximum absolute atomic E-state index is 13.7. The van der Waals surface area contributed by atoms with Crippen LogP contribution in [0.1, 0.15) is 52.2 Å². The van der Waals surface area contributed by atoms with Gasteiger partial charge in [-0.1, -0.05) is 94.8 Å². The Hall–Kier alpha value is -4.78. The summed E-state index contributed by atoms with van der Waals surface area (Å²) in [6.45, 7) is 7.81. The van der Waals surface area contributed by atoms with Crippen molar-refractivity contribution >= 4 is 35.4 Å². The molecule has 7 unspecified atom stereocenters. The van der Waals surface area contributed by atoms with Crippen molar-refractivity contribution in [2.75, 3.05) is 6.54 Å². The van der Waals surface area contributed by atoms with E-state index in [1.165, 1.54) is 6.92 Å². The fourth-order valence-corrected chi connectivity index (χ4v) is 5.30. The van der Waals surface area contributed by atoms with Crippen molar-refractivity contribution in [1.29, 1.82) is 0 Å². The van der Waals surface area contributed by atoms with Gasteiger partial charge in [-0.15, -0.1) is 0 Å². The quantitative estimate of drug-likeness (QED) is 0.208. The minimum Gasteiger partial charge on any atom is -0.391 e. The fourth-order valence-electron chi connectivity index (χ4n) is 5.30. The fraction of sp³-hybridized carbons (Fsp3) is 0.486.